The van der Waals surface area contributed by atoms with Crippen LogP contribution in [0.15, 0.2) is 29.2 Å². The molecule has 3 aliphatic rings. The van der Waals surface area contributed by atoms with E-state index in [1.165, 1.54) is 32.1 Å². The van der Waals surface area contributed by atoms with E-state index in [1.807, 2.05) is 24.0 Å². The van der Waals surface area contributed by atoms with Crippen molar-refractivity contribution in [1.29, 1.82) is 0 Å². The van der Waals surface area contributed by atoms with Gasteiger partial charge in [0.05, 0.1) is 37.1 Å². The molecule has 2 saturated heterocycles. The Labute approximate surface area is 181 Å². The smallest absolute Gasteiger partial charge is 0.243 e. The molecule has 1 N–H and O–H groups in total. The van der Waals surface area contributed by atoms with Crippen molar-refractivity contribution >= 4 is 15.9 Å². The summed E-state index contributed by atoms with van der Waals surface area (Å²) in [5, 5.41) is 0. The molecule has 4 rings (SSSR count). The number of carbonyl (C=O) groups excluding carboxylic acids is 1. The van der Waals surface area contributed by atoms with Gasteiger partial charge in [-0.2, -0.15) is 4.31 Å². The molecule has 30 heavy (non-hydrogen) atoms. The lowest BCUT2D eigenvalue weighted by atomic mass is 9.93. The largest absolute Gasteiger partial charge is 0.331 e. The van der Waals surface area contributed by atoms with E-state index in [0.29, 0.717) is 30.8 Å². The summed E-state index contributed by atoms with van der Waals surface area (Å²) in [5.74, 6) is 0.204. The van der Waals surface area contributed by atoms with Crippen LogP contribution in [-0.2, 0) is 14.8 Å². The molecule has 1 aromatic rings. The molecule has 0 bridgehead atoms. The molecule has 1 aliphatic carbocycles. The summed E-state index contributed by atoms with van der Waals surface area (Å²) in [6.45, 7) is 6.65. The first-order chi connectivity index (χ1) is 14.4. The van der Waals surface area contributed by atoms with Crippen LogP contribution in [0.1, 0.15) is 50.5 Å². The molecule has 1 aromatic carbocycles. The quantitative estimate of drug-likeness (QED) is 0.780. The highest BCUT2D eigenvalue weighted by Gasteiger charge is 2.36. The van der Waals surface area contributed by atoms with Gasteiger partial charge in [0.15, 0.2) is 0 Å². The first-order valence-electron chi connectivity index (χ1n) is 11.7. The second-order valence-electron chi connectivity index (χ2n) is 9.31. The number of hydrogen-bond donors (Lipinski definition) is 1. The van der Waals surface area contributed by atoms with Crippen LogP contribution in [0.5, 0.6) is 0 Å². The van der Waals surface area contributed by atoms with Crippen molar-refractivity contribution in [3.05, 3.63) is 29.8 Å². The zero-order valence-electron chi connectivity index (χ0n) is 18.2. The van der Waals surface area contributed by atoms with Crippen LogP contribution >= 0.6 is 0 Å². The lowest BCUT2D eigenvalue weighted by Crippen LogP contribution is -3.18. The fraction of sp³-hybridized carbons (Fsp3) is 0.696. The molecule has 1 amide bonds. The molecule has 2 aliphatic heterocycles. The third-order valence-electron chi connectivity index (χ3n) is 7.36. The summed E-state index contributed by atoms with van der Waals surface area (Å²) in [6, 6.07) is 7.81. The fourth-order valence-corrected chi connectivity index (χ4v) is 6.86. The van der Waals surface area contributed by atoms with E-state index >= 15 is 0 Å². The average molecular weight is 435 g/mol. The Kier molecular flexibility index (Phi) is 6.80. The van der Waals surface area contributed by atoms with E-state index in [1.54, 1.807) is 21.3 Å². The van der Waals surface area contributed by atoms with Gasteiger partial charge in [-0.25, -0.2) is 8.42 Å². The van der Waals surface area contributed by atoms with Crippen molar-refractivity contribution in [2.45, 2.75) is 62.8 Å². The highest BCUT2D eigenvalue weighted by molar-refractivity contribution is 7.89. The first kappa shape index (κ1) is 21.8. The van der Waals surface area contributed by atoms with E-state index in [2.05, 4.69) is 0 Å². The Morgan fingerprint density at radius 2 is 1.50 bits per heavy atom. The predicted octanol–water partition coefficient (Wildman–Crippen LogP) is 1.46. The maximum absolute atomic E-state index is 13.0. The second kappa shape index (κ2) is 9.37. The topological polar surface area (TPSA) is 62.1 Å². The summed E-state index contributed by atoms with van der Waals surface area (Å²) in [4.78, 5) is 17.1. The molecule has 166 valence electrons. The number of amides is 1. The molecule has 3 fully saturated rings. The van der Waals surface area contributed by atoms with Crippen molar-refractivity contribution in [1.82, 2.24) is 9.21 Å². The lowest BCUT2D eigenvalue weighted by molar-refractivity contribution is -0.930. The number of rotatable bonds is 4. The van der Waals surface area contributed by atoms with Gasteiger partial charge in [0, 0.05) is 19.0 Å². The standard InChI is InChI=1S/C23H35N3O3S/c1-19-7-9-22(10-8-19)30(28,29)26-13-11-20(12-14-26)23(27)25-17-15-24(16-18-25)21-5-3-2-4-6-21/h7-10,20-21H,2-6,11-18H2,1H3/p+1. The van der Waals surface area contributed by atoms with Gasteiger partial charge in [0.1, 0.15) is 0 Å². The first-order valence-corrected chi connectivity index (χ1v) is 13.1. The van der Waals surface area contributed by atoms with Crippen LogP contribution in [0.2, 0.25) is 0 Å². The summed E-state index contributed by atoms with van der Waals surface area (Å²) >= 11 is 0. The molecule has 6 nitrogen and oxygen atoms in total. The Bertz CT molecular complexity index is 818. The Hall–Kier alpha value is -1.44. The number of hydrogen-bond acceptors (Lipinski definition) is 3. The highest BCUT2D eigenvalue weighted by atomic mass is 32.2. The van der Waals surface area contributed by atoms with Crippen LogP contribution < -0.4 is 4.90 Å². The molecule has 0 spiro atoms. The summed E-state index contributed by atoms with van der Waals surface area (Å²) in [5.41, 5.74) is 1.05. The number of piperidine rings is 1. The molecule has 0 unspecified atom stereocenters. The average Bonchev–Trinajstić information content (AvgIpc) is 2.80. The number of quaternary nitrogens is 1. The molecule has 0 atom stereocenters. The van der Waals surface area contributed by atoms with Crippen LogP contribution in [0.4, 0.5) is 0 Å². The van der Waals surface area contributed by atoms with Gasteiger partial charge in [0.2, 0.25) is 15.9 Å². The fourth-order valence-electron chi connectivity index (χ4n) is 5.39. The summed E-state index contributed by atoms with van der Waals surface area (Å²) in [6.07, 6.45) is 8.04. The Balaban J connectivity index is 1.28. The Morgan fingerprint density at radius 1 is 0.900 bits per heavy atom. The predicted molar refractivity (Wildman–Crippen MR) is 117 cm³/mol. The van der Waals surface area contributed by atoms with E-state index in [0.717, 1.165) is 37.8 Å². The number of aryl methyl sites for hydroxylation is 1. The summed E-state index contributed by atoms with van der Waals surface area (Å²) in [7, 11) is -3.47. The molecule has 0 aromatic heterocycles. The van der Waals surface area contributed by atoms with Gasteiger partial charge >= 0.3 is 0 Å². The number of piperazine rings is 1. The van der Waals surface area contributed by atoms with E-state index < -0.39 is 10.0 Å². The molecular weight excluding hydrogens is 398 g/mol. The number of nitrogens with one attached hydrogen (secondary N) is 1. The minimum atomic E-state index is -3.47. The van der Waals surface area contributed by atoms with Crippen molar-refractivity contribution in [3.8, 4) is 0 Å². The number of benzene rings is 1. The minimum Gasteiger partial charge on any atom is -0.331 e. The van der Waals surface area contributed by atoms with Crippen LogP contribution in [-0.4, -0.2) is 68.8 Å². The van der Waals surface area contributed by atoms with Crippen LogP contribution in [0.25, 0.3) is 0 Å². The summed E-state index contributed by atoms with van der Waals surface area (Å²) < 4.78 is 27.3. The van der Waals surface area contributed by atoms with Crippen LogP contribution in [0, 0.1) is 12.8 Å². The lowest BCUT2D eigenvalue weighted by Gasteiger charge is -2.40. The van der Waals surface area contributed by atoms with E-state index in [4.69, 9.17) is 0 Å². The zero-order chi connectivity index (χ0) is 21.1. The molecule has 2 heterocycles. The molecule has 7 heteroatoms. The van der Waals surface area contributed by atoms with Crippen LogP contribution in [0.3, 0.4) is 0 Å². The third kappa shape index (κ3) is 4.73. The van der Waals surface area contributed by atoms with Gasteiger partial charge in [-0.3, -0.25) is 4.79 Å². The van der Waals surface area contributed by atoms with Crippen molar-refractivity contribution < 1.29 is 18.1 Å². The van der Waals surface area contributed by atoms with Gasteiger partial charge in [-0.1, -0.05) is 24.1 Å². The van der Waals surface area contributed by atoms with Crippen molar-refractivity contribution in [2.24, 2.45) is 5.92 Å². The van der Waals surface area contributed by atoms with Gasteiger partial charge in [-0.15, -0.1) is 0 Å². The minimum absolute atomic E-state index is 0.0364. The number of nitrogens with zero attached hydrogens (tertiary/aromatic N) is 2. The monoisotopic (exact) mass is 434 g/mol. The SMILES string of the molecule is Cc1ccc(S(=O)(=O)N2CCC(C(=O)N3CC[NH+](C4CCCCC4)CC3)CC2)cc1. The molecule has 0 radical (unpaired) electrons. The van der Waals surface area contributed by atoms with Gasteiger partial charge in [-0.05, 0) is 57.6 Å². The van der Waals surface area contributed by atoms with Crippen molar-refractivity contribution in [2.75, 3.05) is 39.3 Å². The number of sulfonamides is 1. The number of carbonyl (C=O) groups is 1. The highest BCUT2D eigenvalue weighted by Crippen LogP contribution is 2.25. The molecular formula is C23H36N3O3S+. The Morgan fingerprint density at radius 3 is 2.10 bits per heavy atom. The third-order valence-corrected chi connectivity index (χ3v) is 9.27. The van der Waals surface area contributed by atoms with Crippen molar-refractivity contribution in [3.63, 3.8) is 0 Å². The zero-order valence-corrected chi connectivity index (χ0v) is 19.0. The van der Waals surface area contributed by atoms with Gasteiger partial charge in [0.25, 0.3) is 0 Å². The normalized spacial score (nSPS) is 23.6. The van der Waals surface area contributed by atoms with Gasteiger partial charge < -0.3 is 9.80 Å². The maximum atomic E-state index is 13.0. The van der Waals surface area contributed by atoms with E-state index in [-0.39, 0.29) is 11.8 Å². The van der Waals surface area contributed by atoms with E-state index in [9.17, 15) is 13.2 Å². The maximum Gasteiger partial charge on any atom is 0.243 e. The molecule has 1 saturated carbocycles. The second-order valence-corrected chi connectivity index (χ2v) is 11.2.